The van der Waals surface area contributed by atoms with Crippen molar-refractivity contribution in [2.45, 2.75) is 12.0 Å². The number of benzene rings is 1. The second kappa shape index (κ2) is 3.01. The molecule has 1 unspecified atom stereocenters. The maximum Gasteiger partial charge on any atom is 0.228 e. The molecule has 1 amide bonds. The van der Waals surface area contributed by atoms with Crippen LogP contribution in [0.25, 0.3) is 0 Å². The fraction of sp³-hybridized carbons (Fsp3) is 0.222. The predicted octanol–water partition coefficient (Wildman–Crippen LogP) is 1.41. The van der Waals surface area contributed by atoms with E-state index in [-0.39, 0.29) is 5.91 Å². The fourth-order valence-corrected chi connectivity index (χ4v) is 1.53. The SMILES string of the molecule is O=C1Cc2cc(C(O)Cl)ccc2N1. The highest BCUT2D eigenvalue weighted by atomic mass is 35.5. The molecule has 4 heteroatoms. The van der Waals surface area contributed by atoms with E-state index in [4.69, 9.17) is 16.7 Å². The summed E-state index contributed by atoms with van der Waals surface area (Å²) in [6.07, 6.45) is 0.368. The van der Waals surface area contributed by atoms with Gasteiger partial charge in [0.25, 0.3) is 0 Å². The van der Waals surface area contributed by atoms with E-state index in [1.165, 1.54) is 0 Å². The van der Waals surface area contributed by atoms with Gasteiger partial charge in [0.15, 0.2) is 5.56 Å². The summed E-state index contributed by atoms with van der Waals surface area (Å²) in [6.45, 7) is 0. The monoisotopic (exact) mass is 197 g/mol. The molecule has 0 bridgehead atoms. The molecule has 1 aromatic carbocycles. The second-order valence-electron chi connectivity index (χ2n) is 2.98. The number of aliphatic hydroxyl groups is 1. The molecule has 13 heavy (non-hydrogen) atoms. The van der Waals surface area contributed by atoms with Gasteiger partial charge >= 0.3 is 0 Å². The third-order valence-electron chi connectivity index (χ3n) is 2.03. The van der Waals surface area contributed by atoms with E-state index in [0.717, 1.165) is 11.3 Å². The predicted molar refractivity (Wildman–Crippen MR) is 49.6 cm³/mol. The zero-order chi connectivity index (χ0) is 9.42. The van der Waals surface area contributed by atoms with Crippen LogP contribution in [0.1, 0.15) is 16.7 Å². The molecule has 0 aliphatic carbocycles. The van der Waals surface area contributed by atoms with Crippen LogP contribution in [-0.2, 0) is 11.2 Å². The Kier molecular flexibility index (Phi) is 1.98. The molecule has 0 aromatic heterocycles. The maximum absolute atomic E-state index is 11.0. The van der Waals surface area contributed by atoms with Gasteiger partial charge in [-0.1, -0.05) is 17.7 Å². The van der Waals surface area contributed by atoms with Crippen molar-refractivity contribution in [3.05, 3.63) is 29.3 Å². The number of hydrogen-bond donors (Lipinski definition) is 2. The van der Waals surface area contributed by atoms with Crippen LogP contribution in [0.2, 0.25) is 0 Å². The number of alkyl halides is 1. The van der Waals surface area contributed by atoms with Crippen LogP contribution in [-0.4, -0.2) is 11.0 Å². The third kappa shape index (κ3) is 1.53. The Bertz CT molecular complexity index is 363. The first-order valence-electron chi connectivity index (χ1n) is 3.91. The summed E-state index contributed by atoms with van der Waals surface area (Å²) in [5, 5.41) is 11.8. The maximum atomic E-state index is 11.0. The number of carbonyl (C=O) groups excluding carboxylic acids is 1. The molecule has 1 heterocycles. The van der Waals surface area contributed by atoms with E-state index >= 15 is 0 Å². The molecule has 0 spiro atoms. The Balaban J connectivity index is 2.40. The molecule has 0 fully saturated rings. The zero-order valence-electron chi connectivity index (χ0n) is 6.75. The third-order valence-corrected chi connectivity index (χ3v) is 2.28. The summed E-state index contributed by atoms with van der Waals surface area (Å²) in [4.78, 5) is 11.0. The van der Waals surface area contributed by atoms with Crippen molar-refractivity contribution >= 4 is 23.2 Å². The lowest BCUT2D eigenvalue weighted by atomic mass is 10.1. The van der Waals surface area contributed by atoms with Crippen LogP contribution >= 0.6 is 11.6 Å². The average Bonchev–Trinajstić information content (AvgIpc) is 2.42. The first-order chi connectivity index (χ1) is 6.16. The Morgan fingerprint density at radius 3 is 3.00 bits per heavy atom. The smallest absolute Gasteiger partial charge is 0.228 e. The molecule has 1 atom stereocenters. The Labute approximate surface area is 80.3 Å². The summed E-state index contributed by atoms with van der Waals surface area (Å²) in [5.74, 6) is -0.0174. The number of anilines is 1. The topological polar surface area (TPSA) is 49.3 Å². The van der Waals surface area contributed by atoms with Gasteiger partial charge in [-0.05, 0) is 23.3 Å². The van der Waals surface area contributed by atoms with Crippen molar-refractivity contribution in [1.29, 1.82) is 0 Å². The van der Waals surface area contributed by atoms with Crippen LogP contribution in [0.5, 0.6) is 0 Å². The van der Waals surface area contributed by atoms with Gasteiger partial charge in [0.05, 0.1) is 6.42 Å². The van der Waals surface area contributed by atoms with E-state index in [0.29, 0.717) is 12.0 Å². The van der Waals surface area contributed by atoms with Crippen LogP contribution < -0.4 is 5.32 Å². The quantitative estimate of drug-likeness (QED) is 0.669. The number of amides is 1. The van der Waals surface area contributed by atoms with Gasteiger partial charge in [-0.15, -0.1) is 0 Å². The molecule has 0 radical (unpaired) electrons. The van der Waals surface area contributed by atoms with Crippen LogP contribution in [0.4, 0.5) is 5.69 Å². The summed E-state index contributed by atoms with van der Waals surface area (Å²) < 4.78 is 0. The normalized spacial score (nSPS) is 16.6. The number of rotatable bonds is 1. The van der Waals surface area contributed by atoms with Gasteiger partial charge in [0.1, 0.15) is 0 Å². The molecule has 0 saturated carbocycles. The van der Waals surface area contributed by atoms with Gasteiger partial charge in [-0.25, -0.2) is 0 Å². The largest absolute Gasteiger partial charge is 0.373 e. The molecular formula is C9H8ClNO2. The number of halogens is 1. The number of aliphatic hydroxyl groups excluding tert-OH is 1. The fourth-order valence-electron chi connectivity index (χ4n) is 1.40. The Hall–Kier alpha value is -1.06. The minimum absolute atomic E-state index is 0.0174. The second-order valence-corrected chi connectivity index (χ2v) is 3.39. The highest BCUT2D eigenvalue weighted by Gasteiger charge is 2.18. The van der Waals surface area contributed by atoms with E-state index in [9.17, 15) is 4.79 Å². The van der Waals surface area contributed by atoms with Gasteiger partial charge in [-0.2, -0.15) is 0 Å². The number of carbonyl (C=O) groups is 1. The van der Waals surface area contributed by atoms with Gasteiger partial charge in [-0.3, -0.25) is 4.79 Å². The first kappa shape index (κ1) is 8.53. The highest BCUT2D eigenvalue weighted by molar-refractivity contribution is 6.19. The van der Waals surface area contributed by atoms with Gasteiger partial charge < -0.3 is 10.4 Å². The van der Waals surface area contributed by atoms with Crippen molar-refractivity contribution in [2.24, 2.45) is 0 Å². The summed E-state index contributed by atoms with van der Waals surface area (Å²) >= 11 is 5.49. The minimum Gasteiger partial charge on any atom is -0.373 e. The van der Waals surface area contributed by atoms with Crippen molar-refractivity contribution in [2.75, 3.05) is 5.32 Å². The Morgan fingerprint density at radius 2 is 2.31 bits per heavy atom. The van der Waals surface area contributed by atoms with Crippen LogP contribution in [0, 0.1) is 0 Å². The van der Waals surface area contributed by atoms with Crippen LogP contribution in [0.3, 0.4) is 0 Å². The van der Waals surface area contributed by atoms with E-state index in [2.05, 4.69) is 5.32 Å². The van der Waals surface area contributed by atoms with E-state index in [1.807, 2.05) is 0 Å². The molecule has 2 rings (SSSR count). The number of nitrogens with one attached hydrogen (secondary N) is 1. The van der Waals surface area contributed by atoms with Crippen molar-refractivity contribution in [1.82, 2.24) is 0 Å². The van der Waals surface area contributed by atoms with E-state index < -0.39 is 5.56 Å². The molecule has 68 valence electrons. The van der Waals surface area contributed by atoms with Crippen molar-refractivity contribution < 1.29 is 9.90 Å². The molecule has 1 aliphatic rings. The van der Waals surface area contributed by atoms with Crippen LogP contribution in [0.15, 0.2) is 18.2 Å². The standard InChI is InChI=1S/C9H8ClNO2/c10-9(13)5-1-2-7-6(3-5)4-8(12)11-7/h1-3,9,13H,4H2,(H,11,12). The Morgan fingerprint density at radius 1 is 1.54 bits per heavy atom. The van der Waals surface area contributed by atoms with Gasteiger partial charge in [0, 0.05) is 5.69 Å². The lowest BCUT2D eigenvalue weighted by Gasteiger charge is -2.04. The van der Waals surface area contributed by atoms with Crippen molar-refractivity contribution in [3.8, 4) is 0 Å². The molecular weight excluding hydrogens is 190 g/mol. The minimum atomic E-state index is -0.999. The molecule has 1 aromatic rings. The molecule has 1 aliphatic heterocycles. The lowest BCUT2D eigenvalue weighted by Crippen LogP contribution is -2.03. The average molecular weight is 198 g/mol. The number of hydrogen-bond acceptors (Lipinski definition) is 2. The highest BCUT2D eigenvalue weighted by Crippen LogP contribution is 2.27. The molecule has 0 saturated heterocycles. The first-order valence-corrected chi connectivity index (χ1v) is 4.35. The van der Waals surface area contributed by atoms with Crippen molar-refractivity contribution in [3.63, 3.8) is 0 Å². The van der Waals surface area contributed by atoms with E-state index in [1.54, 1.807) is 18.2 Å². The number of fused-ring (bicyclic) bond motifs is 1. The van der Waals surface area contributed by atoms with Gasteiger partial charge in [0.2, 0.25) is 5.91 Å². The summed E-state index contributed by atoms with van der Waals surface area (Å²) in [7, 11) is 0. The summed E-state index contributed by atoms with van der Waals surface area (Å²) in [5.41, 5.74) is 1.33. The molecule has 3 nitrogen and oxygen atoms in total. The zero-order valence-corrected chi connectivity index (χ0v) is 7.51. The molecule has 2 N–H and O–H groups in total. The lowest BCUT2D eigenvalue weighted by molar-refractivity contribution is -0.115. The summed E-state index contributed by atoms with van der Waals surface area (Å²) in [6, 6.07) is 5.19.